The zero-order valence-corrected chi connectivity index (χ0v) is 16.7. The van der Waals surface area contributed by atoms with Crippen LogP contribution in [0.5, 0.6) is 0 Å². The quantitative estimate of drug-likeness (QED) is 0.487. The van der Waals surface area contributed by atoms with Crippen LogP contribution in [0.25, 0.3) is 21.9 Å². The van der Waals surface area contributed by atoms with Crippen molar-refractivity contribution in [3.05, 3.63) is 71.8 Å². The third-order valence-corrected chi connectivity index (χ3v) is 6.07. The van der Waals surface area contributed by atoms with E-state index in [4.69, 9.17) is 0 Å². The van der Waals surface area contributed by atoms with E-state index in [1.165, 1.54) is 67.1 Å². The molecule has 0 radical (unpaired) electrons. The highest BCUT2D eigenvalue weighted by atomic mass is 15.1. The maximum absolute atomic E-state index is 2.73. The number of benzene rings is 3. The van der Waals surface area contributed by atoms with E-state index in [1.807, 2.05) is 0 Å². The summed E-state index contributed by atoms with van der Waals surface area (Å²) >= 11 is 0. The Labute approximate surface area is 164 Å². The lowest BCUT2D eigenvalue weighted by atomic mass is 9.82. The Morgan fingerprint density at radius 2 is 1.52 bits per heavy atom. The topological polar surface area (TPSA) is 3.24 Å². The first-order valence-corrected chi connectivity index (χ1v) is 10.6. The minimum atomic E-state index is 0.708. The van der Waals surface area contributed by atoms with Gasteiger partial charge in [-0.1, -0.05) is 74.5 Å². The van der Waals surface area contributed by atoms with Crippen LogP contribution in [0.15, 0.2) is 60.7 Å². The predicted octanol–water partition coefficient (Wildman–Crippen LogP) is 6.49. The van der Waals surface area contributed by atoms with Crippen LogP contribution in [-0.2, 0) is 12.8 Å². The molecule has 0 saturated carbocycles. The number of fused-ring (bicyclic) bond motifs is 2. The summed E-state index contributed by atoms with van der Waals surface area (Å²) < 4.78 is 0. The van der Waals surface area contributed by atoms with Crippen molar-refractivity contribution in [2.24, 2.45) is 0 Å². The molecule has 27 heavy (non-hydrogen) atoms. The number of hydrogen-bond acceptors (Lipinski definition) is 1. The molecule has 3 aromatic carbocycles. The van der Waals surface area contributed by atoms with Crippen LogP contribution in [0.1, 0.15) is 44.2 Å². The summed E-state index contributed by atoms with van der Waals surface area (Å²) in [6, 6.07) is 23.2. The van der Waals surface area contributed by atoms with Crippen LogP contribution in [-0.4, -0.2) is 24.0 Å². The zero-order valence-electron chi connectivity index (χ0n) is 16.7. The Balaban J connectivity index is 1.70. The fourth-order valence-electron chi connectivity index (χ4n) is 4.86. The number of hydrogen-bond donors (Lipinski definition) is 0. The standard InChI is InChI=1S/C26H31N/c1-3-17-27(18-4-2)22-15-16-24-21(19-22)11-8-14-26(24)25-13-7-10-20-9-5-6-12-23(20)25/h5-14,22H,3-4,15-19H2,1-2H3/t22-/m0/s1. The minimum absolute atomic E-state index is 0.708. The van der Waals surface area contributed by atoms with Crippen molar-refractivity contribution in [1.29, 1.82) is 0 Å². The lowest BCUT2D eigenvalue weighted by Crippen LogP contribution is -2.40. The Morgan fingerprint density at radius 3 is 2.33 bits per heavy atom. The molecule has 0 amide bonds. The molecule has 140 valence electrons. The highest BCUT2D eigenvalue weighted by molar-refractivity contribution is 5.97. The summed E-state index contributed by atoms with van der Waals surface area (Å²) in [6.45, 7) is 7.07. The fraction of sp³-hybridized carbons (Fsp3) is 0.385. The van der Waals surface area contributed by atoms with Crippen LogP contribution >= 0.6 is 0 Å². The summed E-state index contributed by atoms with van der Waals surface area (Å²) in [5, 5.41) is 2.70. The highest BCUT2D eigenvalue weighted by Crippen LogP contribution is 2.36. The number of rotatable bonds is 6. The van der Waals surface area contributed by atoms with Crippen LogP contribution in [0.3, 0.4) is 0 Å². The molecule has 0 aromatic heterocycles. The van der Waals surface area contributed by atoms with Gasteiger partial charge in [0, 0.05) is 6.04 Å². The van der Waals surface area contributed by atoms with Gasteiger partial charge in [-0.15, -0.1) is 0 Å². The second kappa shape index (κ2) is 8.27. The molecule has 1 aliphatic rings. The maximum Gasteiger partial charge on any atom is 0.0139 e. The summed E-state index contributed by atoms with van der Waals surface area (Å²) in [5.74, 6) is 0. The van der Waals surface area contributed by atoms with Gasteiger partial charge in [-0.25, -0.2) is 0 Å². The monoisotopic (exact) mass is 357 g/mol. The van der Waals surface area contributed by atoms with Gasteiger partial charge in [0.25, 0.3) is 0 Å². The van der Waals surface area contributed by atoms with E-state index in [1.54, 1.807) is 11.1 Å². The van der Waals surface area contributed by atoms with Gasteiger partial charge < -0.3 is 4.90 Å². The van der Waals surface area contributed by atoms with Gasteiger partial charge in [0.15, 0.2) is 0 Å². The molecule has 0 aliphatic heterocycles. The molecule has 1 atom stereocenters. The van der Waals surface area contributed by atoms with Gasteiger partial charge in [0.1, 0.15) is 0 Å². The van der Waals surface area contributed by atoms with Gasteiger partial charge in [-0.05, 0) is 78.2 Å². The van der Waals surface area contributed by atoms with Gasteiger partial charge in [0.05, 0.1) is 0 Å². The molecule has 0 fully saturated rings. The highest BCUT2D eigenvalue weighted by Gasteiger charge is 2.25. The van der Waals surface area contributed by atoms with Crippen LogP contribution < -0.4 is 0 Å². The molecule has 1 nitrogen and oxygen atoms in total. The van der Waals surface area contributed by atoms with Crippen LogP contribution in [0.2, 0.25) is 0 Å². The Hall–Kier alpha value is -2.12. The average Bonchev–Trinajstić information content (AvgIpc) is 2.72. The molecular formula is C26H31N. The Morgan fingerprint density at radius 1 is 0.815 bits per heavy atom. The predicted molar refractivity (Wildman–Crippen MR) is 117 cm³/mol. The van der Waals surface area contributed by atoms with E-state index in [2.05, 4.69) is 79.4 Å². The van der Waals surface area contributed by atoms with Crippen molar-refractivity contribution < 1.29 is 0 Å². The summed E-state index contributed by atoms with van der Waals surface area (Å²) in [7, 11) is 0. The Bertz CT molecular complexity index is 900. The molecule has 0 spiro atoms. The molecule has 3 aromatic rings. The maximum atomic E-state index is 2.73. The van der Waals surface area contributed by atoms with Gasteiger partial charge in [-0.2, -0.15) is 0 Å². The molecule has 1 heteroatoms. The fourth-order valence-corrected chi connectivity index (χ4v) is 4.86. The Kier molecular flexibility index (Phi) is 5.59. The largest absolute Gasteiger partial charge is 0.300 e. The van der Waals surface area contributed by atoms with E-state index >= 15 is 0 Å². The van der Waals surface area contributed by atoms with E-state index in [9.17, 15) is 0 Å². The van der Waals surface area contributed by atoms with E-state index in [0.717, 1.165) is 0 Å². The van der Waals surface area contributed by atoms with Gasteiger partial charge in [0.2, 0.25) is 0 Å². The first-order valence-electron chi connectivity index (χ1n) is 10.6. The number of nitrogens with zero attached hydrogens (tertiary/aromatic N) is 1. The third kappa shape index (κ3) is 3.66. The smallest absolute Gasteiger partial charge is 0.0139 e. The molecular weight excluding hydrogens is 326 g/mol. The van der Waals surface area contributed by atoms with Crippen LogP contribution in [0, 0.1) is 0 Å². The molecule has 0 bridgehead atoms. The second-order valence-electron chi connectivity index (χ2n) is 7.90. The lowest BCUT2D eigenvalue weighted by molar-refractivity contribution is 0.180. The molecule has 0 heterocycles. The first-order chi connectivity index (χ1) is 13.3. The van der Waals surface area contributed by atoms with Crippen LogP contribution in [0.4, 0.5) is 0 Å². The lowest BCUT2D eigenvalue weighted by Gasteiger charge is -2.35. The normalized spacial score (nSPS) is 16.6. The average molecular weight is 358 g/mol. The van der Waals surface area contributed by atoms with Crippen molar-refractivity contribution >= 4 is 10.8 Å². The van der Waals surface area contributed by atoms with E-state index in [-0.39, 0.29) is 0 Å². The van der Waals surface area contributed by atoms with Crippen molar-refractivity contribution in [3.8, 4) is 11.1 Å². The van der Waals surface area contributed by atoms with Crippen molar-refractivity contribution in [3.63, 3.8) is 0 Å². The molecule has 4 rings (SSSR count). The SMILES string of the molecule is CCCN(CCC)[C@H]1CCc2c(cccc2-c2cccc3ccccc23)C1. The summed E-state index contributed by atoms with van der Waals surface area (Å²) in [6.07, 6.45) is 6.19. The van der Waals surface area contributed by atoms with Crippen molar-refractivity contribution in [2.75, 3.05) is 13.1 Å². The molecule has 0 unspecified atom stereocenters. The summed E-state index contributed by atoms with van der Waals surface area (Å²) in [4.78, 5) is 2.73. The molecule has 0 saturated heterocycles. The van der Waals surface area contributed by atoms with Gasteiger partial charge >= 0.3 is 0 Å². The molecule has 0 N–H and O–H groups in total. The molecule has 1 aliphatic carbocycles. The first kappa shape index (κ1) is 18.3. The zero-order chi connectivity index (χ0) is 18.6. The van der Waals surface area contributed by atoms with Crippen molar-refractivity contribution in [1.82, 2.24) is 4.90 Å². The minimum Gasteiger partial charge on any atom is -0.300 e. The second-order valence-corrected chi connectivity index (χ2v) is 7.90. The summed E-state index contributed by atoms with van der Waals surface area (Å²) in [5.41, 5.74) is 5.98. The third-order valence-electron chi connectivity index (χ3n) is 6.07. The van der Waals surface area contributed by atoms with Gasteiger partial charge in [-0.3, -0.25) is 0 Å². The van der Waals surface area contributed by atoms with E-state index in [0.29, 0.717) is 6.04 Å². The van der Waals surface area contributed by atoms with Crippen molar-refractivity contribution in [2.45, 2.75) is 52.0 Å². The van der Waals surface area contributed by atoms with E-state index < -0.39 is 0 Å².